The molecule has 27 heavy (non-hydrogen) atoms. The zero-order valence-corrected chi connectivity index (χ0v) is 18.0. The van der Waals surface area contributed by atoms with Crippen LogP contribution in [0.25, 0.3) is 5.69 Å². The van der Waals surface area contributed by atoms with Gasteiger partial charge in [0.1, 0.15) is 16.3 Å². The summed E-state index contributed by atoms with van der Waals surface area (Å²) < 4.78 is 2.50. The molecule has 2 aromatic carbocycles. The molecule has 4 rings (SSSR count). The van der Waals surface area contributed by atoms with Crippen LogP contribution in [0.4, 0.5) is 11.5 Å². The summed E-state index contributed by atoms with van der Waals surface area (Å²) >= 11 is 1.98. The van der Waals surface area contributed by atoms with Gasteiger partial charge in [0.25, 0.3) is 0 Å². The Bertz CT molecular complexity index is 967. The van der Waals surface area contributed by atoms with E-state index in [0.29, 0.717) is 12.0 Å². The van der Waals surface area contributed by atoms with Crippen LogP contribution in [-0.2, 0) is 5.41 Å². The molecule has 3 aromatic rings. The van der Waals surface area contributed by atoms with E-state index < -0.39 is 0 Å². The molecule has 0 amide bonds. The maximum Gasteiger partial charge on any atom is 0.302 e. The maximum atomic E-state index is 2.53. The quantitative estimate of drug-likeness (QED) is 0.483. The first-order chi connectivity index (χ1) is 12.8. The fourth-order valence-corrected chi connectivity index (χ4v) is 5.57. The van der Waals surface area contributed by atoms with Crippen molar-refractivity contribution in [1.82, 2.24) is 0 Å². The molecule has 0 fully saturated rings. The molecule has 1 aromatic heterocycles. The van der Waals surface area contributed by atoms with Gasteiger partial charge in [0, 0.05) is 16.9 Å². The first kappa shape index (κ1) is 18.2. The Kier molecular flexibility index (Phi) is 4.38. The highest BCUT2D eigenvalue weighted by Crippen LogP contribution is 2.51. The number of fused-ring (bicyclic) bond motifs is 2. The van der Waals surface area contributed by atoms with Crippen LogP contribution in [0.3, 0.4) is 0 Å². The third-order valence-electron chi connectivity index (χ3n) is 5.50. The van der Waals surface area contributed by atoms with Gasteiger partial charge in [-0.05, 0) is 32.0 Å². The third-order valence-corrected chi connectivity index (χ3v) is 7.26. The lowest BCUT2D eigenvalue weighted by atomic mass is 9.79. The monoisotopic (exact) mass is 377 g/mol. The third kappa shape index (κ3) is 2.71. The first-order valence-corrected chi connectivity index (χ1v) is 10.7. The number of anilines is 2. The number of hydrogen-bond donors (Lipinski definition) is 0. The Morgan fingerprint density at radius 1 is 0.889 bits per heavy atom. The molecular formula is C24H29N2S+. The Labute approximate surface area is 167 Å². The molecule has 0 aliphatic carbocycles. The van der Waals surface area contributed by atoms with Crippen molar-refractivity contribution in [1.29, 1.82) is 0 Å². The Morgan fingerprint density at radius 2 is 1.52 bits per heavy atom. The van der Waals surface area contributed by atoms with Gasteiger partial charge in [-0.2, -0.15) is 4.57 Å². The van der Waals surface area contributed by atoms with Crippen LogP contribution < -0.4 is 9.47 Å². The van der Waals surface area contributed by atoms with Gasteiger partial charge >= 0.3 is 5.82 Å². The molecule has 2 heterocycles. The average molecular weight is 378 g/mol. The molecule has 0 bridgehead atoms. The fraction of sp³-hybridized carbons (Fsp3) is 0.375. The van der Waals surface area contributed by atoms with E-state index in [4.69, 9.17) is 0 Å². The zero-order chi connectivity index (χ0) is 19.3. The van der Waals surface area contributed by atoms with Crippen molar-refractivity contribution >= 4 is 22.8 Å². The molecule has 1 aliphatic rings. The number of hydrogen-bond acceptors (Lipinski definition) is 2. The summed E-state index contributed by atoms with van der Waals surface area (Å²) in [5.74, 6) is 1.81. The van der Waals surface area contributed by atoms with E-state index in [-0.39, 0.29) is 5.41 Å². The smallest absolute Gasteiger partial charge is 0.224 e. The van der Waals surface area contributed by atoms with E-state index in [1.807, 2.05) is 11.3 Å². The van der Waals surface area contributed by atoms with E-state index >= 15 is 0 Å². The summed E-state index contributed by atoms with van der Waals surface area (Å²) in [6, 6.07) is 20.1. The van der Waals surface area contributed by atoms with Crippen LogP contribution >= 0.6 is 11.3 Å². The van der Waals surface area contributed by atoms with Gasteiger partial charge < -0.3 is 0 Å². The number of rotatable bonds is 3. The number of para-hydroxylation sites is 2. The molecule has 0 spiro atoms. The Morgan fingerprint density at radius 3 is 2.15 bits per heavy atom. The Balaban J connectivity index is 2.11. The van der Waals surface area contributed by atoms with Gasteiger partial charge in [-0.1, -0.05) is 75.4 Å². The van der Waals surface area contributed by atoms with Crippen LogP contribution in [0.15, 0.2) is 54.6 Å². The highest BCUT2D eigenvalue weighted by atomic mass is 32.1. The van der Waals surface area contributed by atoms with E-state index in [1.54, 1.807) is 0 Å². The van der Waals surface area contributed by atoms with Gasteiger partial charge in [0.15, 0.2) is 5.01 Å². The van der Waals surface area contributed by atoms with Gasteiger partial charge in [0.2, 0.25) is 0 Å². The fourth-order valence-electron chi connectivity index (χ4n) is 4.20. The number of thiazole rings is 1. The van der Waals surface area contributed by atoms with Crippen molar-refractivity contribution < 1.29 is 4.57 Å². The minimum atomic E-state index is -0.00828. The molecule has 3 heteroatoms. The molecule has 0 unspecified atom stereocenters. The van der Waals surface area contributed by atoms with Crippen LogP contribution in [-0.4, -0.2) is 6.04 Å². The summed E-state index contributed by atoms with van der Waals surface area (Å²) in [5.41, 5.74) is 4.00. The molecule has 0 saturated heterocycles. The molecular weight excluding hydrogens is 348 g/mol. The van der Waals surface area contributed by atoms with Crippen LogP contribution in [0.2, 0.25) is 0 Å². The molecule has 0 atom stereocenters. The second kappa shape index (κ2) is 6.49. The van der Waals surface area contributed by atoms with Gasteiger partial charge in [-0.3, -0.25) is 0 Å². The molecule has 1 aliphatic heterocycles. The normalized spacial score (nSPS) is 15.2. The SMILES string of the molecule is CC(C)c1sc2c([n+]1-c1ccccc1)N(C(C)C)c1ccccc1C2(C)C. The predicted octanol–water partition coefficient (Wildman–Crippen LogP) is 6.33. The van der Waals surface area contributed by atoms with Crippen molar-refractivity contribution in [2.75, 3.05) is 4.90 Å². The second-order valence-corrected chi connectivity index (χ2v) is 9.56. The minimum Gasteiger partial charge on any atom is -0.224 e. The van der Waals surface area contributed by atoms with Crippen LogP contribution in [0.5, 0.6) is 0 Å². The minimum absolute atomic E-state index is 0.00828. The number of benzene rings is 2. The topological polar surface area (TPSA) is 7.12 Å². The zero-order valence-electron chi connectivity index (χ0n) is 17.2. The highest BCUT2D eigenvalue weighted by molar-refractivity contribution is 7.12. The largest absolute Gasteiger partial charge is 0.302 e. The second-order valence-electron chi connectivity index (χ2n) is 8.52. The standard InChI is InChI=1S/C24H29N2S/c1-16(2)23-26(18-12-8-7-9-13-18)22-21(27-23)24(5,6)19-14-10-11-15-20(19)25(22)17(3)4/h7-17H,1-6H3/q+1. The van der Waals surface area contributed by atoms with Crippen molar-refractivity contribution in [2.45, 2.75) is 58.9 Å². The lowest BCUT2D eigenvalue weighted by Gasteiger charge is -2.36. The van der Waals surface area contributed by atoms with Crippen molar-refractivity contribution in [3.8, 4) is 5.69 Å². The summed E-state index contributed by atoms with van der Waals surface area (Å²) in [6.07, 6.45) is 0. The van der Waals surface area contributed by atoms with Crippen molar-refractivity contribution in [2.24, 2.45) is 0 Å². The number of nitrogens with zero attached hydrogens (tertiary/aromatic N) is 2. The molecule has 140 valence electrons. The van der Waals surface area contributed by atoms with Crippen LogP contribution in [0, 0.1) is 0 Å². The van der Waals surface area contributed by atoms with E-state index in [1.165, 1.54) is 32.6 Å². The van der Waals surface area contributed by atoms with Gasteiger partial charge in [-0.25, -0.2) is 4.90 Å². The van der Waals surface area contributed by atoms with Gasteiger partial charge in [0.05, 0.1) is 6.04 Å². The average Bonchev–Trinajstić information content (AvgIpc) is 3.04. The lowest BCUT2D eigenvalue weighted by Crippen LogP contribution is -2.46. The van der Waals surface area contributed by atoms with E-state index in [2.05, 4.69) is 106 Å². The van der Waals surface area contributed by atoms with E-state index in [0.717, 1.165) is 0 Å². The lowest BCUT2D eigenvalue weighted by molar-refractivity contribution is -0.587. The molecule has 0 N–H and O–H groups in total. The summed E-state index contributed by atoms with van der Waals surface area (Å²) in [4.78, 5) is 3.99. The molecule has 0 radical (unpaired) electrons. The van der Waals surface area contributed by atoms with E-state index in [9.17, 15) is 0 Å². The molecule has 0 saturated carbocycles. The number of aromatic nitrogens is 1. The first-order valence-electron chi connectivity index (χ1n) is 9.87. The summed E-state index contributed by atoms with van der Waals surface area (Å²) in [7, 11) is 0. The van der Waals surface area contributed by atoms with Gasteiger partial charge in [-0.15, -0.1) is 0 Å². The molecule has 2 nitrogen and oxygen atoms in total. The Hall–Kier alpha value is -2.13. The maximum absolute atomic E-state index is 2.53. The summed E-state index contributed by atoms with van der Waals surface area (Å²) in [6.45, 7) is 13.9. The highest BCUT2D eigenvalue weighted by Gasteiger charge is 2.47. The van der Waals surface area contributed by atoms with Crippen molar-refractivity contribution in [3.05, 3.63) is 70.0 Å². The summed E-state index contributed by atoms with van der Waals surface area (Å²) in [5, 5.41) is 1.41. The predicted molar refractivity (Wildman–Crippen MR) is 116 cm³/mol. The van der Waals surface area contributed by atoms with Crippen molar-refractivity contribution in [3.63, 3.8) is 0 Å². The van der Waals surface area contributed by atoms with Crippen LogP contribution in [0.1, 0.15) is 62.9 Å².